The fraction of sp³-hybridized carbons (Fsp3) is 0.235. The van der Waals surface area contributed by atoms with Gasteiger partial charge in [0.15, 0.2) is 10.6 Å². The fourth-order valence-electron chi connectivity index (χ4n) is 5.03. The van der Waals surface area contributed by atoms with E-state index in [0.717, 1.165) is 11.1 Å². The van der Waals surface area contributed by atoms with Crippen LogP contribution in [0.25, 0.3) is 6.08 Å². The fourth-order valence-corrected chi connectivity index (χ4v) is 6.69. The van der Waals surface area contributed by atoms with Crippen molar-refractivity contribution >= 4 is 46.6 Å². The smallest absolute Gasteiger partial charge is 0.338 e. The van der Waals surface area contributed by atoms with E-state index < -0.39 is 12.0 Å². The van der Waals surface area contributed by atoms with Crippen molar-refractivity contribution in [2.24, 2.45) is 4.99 Å². The van der Waals surface area contributed by atoms with Crippen molar-refractivity contribution in [3.8, 4) is 11.8 Å². The van der Waals surface area contributed by atoms with Crippen LogP contribution in [0.3, 0.4) is 0 Å². The first kappa shape index (κ1) is 31.3. The molecule has 0 fully saturated rings. The number of ether oxygens (including phenoxy) is 2. The van der Waals surface area contributed by atoms with Crippen LogP contribution in [-0.4, -0.2) is 17.1 Å². The number of halogens is 2. The van der Waals surface area contributed by atoms with Crippen LogP contribution in [0.1, 0.15) is 67.5 Å². The lowest BCUT2D eigenvalue weighted by atomic mass is 9.93. The molecule has 5 rings (SSSR count). The van der Waals surface area contributed by atoms with E-state index in [1.807, 2.05) is 30.3 Å². The predicted molar refractivity (Wildman–Crippen MR) is 173 cm³/mol. The molecule has 1 unspecified atom stereocenters. The Morgan fingerprint density at radius 2 is 1.82 bits per heavy atom. The van der Waals surface area contributed by atoms with Crippen LogP contribution < -0.4 is 19.6 Å². The van der Waals surface area contributed by atoms with Crippen LogP contribution in [0.2, 0.25) is 10.0 Å². The zero-order chi connectivity index (χ0) is 31.5. The van der Waals surface area contributed by atoms with Crippen molar-refractivity contribution in [3.63, 3.8) is 0 Å². The van der Waals surface area contributed by atoms with Crippen molar-refractivity contribution in [1.82, 2.24) is 4.57 Å². The number of rotatable bonds is 8. The Bertz CT molecular complexity index is 1980. The zero-order valence-corrected chi connectivity index (χ0v) is 26.9. The second kappa shape index (κ2) is 13.2. The summed E-state index contributed by atoms with van der Waals surface area (Å²) in [6.07, 6.45) is 1.69. The number of nitriles is 1. The Kier molecular flexibility index (Phi) is 9.40. The summed E-state index contributed by atoms with van der Waals surface area (Å²) in [7, 11) is 0. The molecule has 0 aliphatic carbocycles. The van der Waals surface area contributed by atoms with Gasteiger partial charge in [-0.2, -0.15) is 5.26 Å². The average molecular weight is 647 g/mol. The van der Waals surface area contributed by atoms with Gasteiger partial charge in [-0.3, -0.25) is 9.36 Å². The van der Waals surface area contributed by atoms with Crippen molar-refractivity contribution in [2.75, 3.05) is 6.61 Å². The minimum atomic E-state index is -0.701. The Balaban J connectivity index is 1.55. The highest BCUT2D eigenvalue weighted by atomic mass is 35.5. The number of hydrogen-bond donors (Lipinski definition) is 0. The van der Waals surface area contributed by atoms with Gasteiger partial charge < -0.3 is 9.47 Å². The minimum Gasteiger partial charge on any atom is -0.486 e. The molecule has 2 heterocycles. The van der Waals surface area contributed by atoms with Crippen LogP contribution in [0.15, 0.2) is 81.7 Å². The number of carbonyl (C=O) groups excluding carboxylic acids is 1. The van der Waals surface area contributed by atoms with Gasteiger partial charge in [-0.15, -0.1) is 0 Å². The molecule has 7 nitrogen and oxygen atoms in total. The van der Waals surface area contributed by atoms with Crippen molar-refractivity contribution in [3.05, 3.63) is 129 Å². The number of thiazole rings is 1. The second-order valence-corrected chi connectivity index (χ2v) is 12.3. The van der Waals surface area contributed by atoms with Crippen molar-refractivity contribution in [2.45, 2.75) is 46.3 Å². The van der Waals surface area contributed by atoms with Gasteiger partial charge in [-0.1, -0.05) is 90.9 Å². The van der Waals surface area contributed by atoms with Gasteiger partial charge >= 0.3 is 5.97 Å². The summed E-state index contributed by atoms with van der Waals surface area (Å²) < 4.78 is 13.2. The number of allylic oxidation sites excluding steroid dienone is 1. The molecular formula is C34H29Cl2N3O4S. The quantitative estimate of drug-likeness (QED) is 0.199. The van der Waals surface area contributed by atoms with E-state index in [0.29, 0.717) is 43.2 Å². The predicted octanol–water partition coefficient (Wildman–Crippen LogP) is 6.68. The first-order valence-corrected chi connectivity index (χ1v) is 15.6. The summed E-state index contributed by atoms with van der Waals surface area (Å²) in [4.78, 5) is 32.2. The number of carbonyl (C=O) groups is 1. The van der Waals surface area contributed by atoms with Crippen molar-refractivity contribution < 1.29 is 14.3 Å². The van der Waals surface area contributed by atoms with Crippen LogP contribution >= 0.6 is 34.5 Å². The van der Waals surface area contributed by atoms with Crippen LogP contribution in [0.5, 0.6) is 5.75 Å². The molecule has 1 aliphatic heterocycles. The van der Waals surface area contributed by atoms with E-state index in [-0.39, 0.29) is 34.6 Å². The van der Waals surface area contributed by atoms with Crippen LogP contribution in [0.4, 0.5) is 0 Å². The van der Waals surface area contributed by atoms with Gasteiger partial charge in [0.2, 0.25) is 0 Å². The molecule has 3 aromatic carbocycles. The van der Waals surface area contributed by atoms with Gasteiger partial charge in [-0.05, 0) is 60.7 Å². The molecule has 1 aromatic heterocycles. The number of benzene rings is 3. The third kappa shape index (κ3) is 6.22. The van der Waals surface area contributed by atoms with E-state index in [1.54, 1.807) is 54.8 Å². The van der Waals surface area contributed by atoms with Gasteiger partial charge in [0.05, 0.1) is 50.1 Å². The summed E-state index contributed by atoms with van der Waals surface area (Å²) in [5.74, 6) is 0.100. The molecule has 1 atom stereocenters. The molecule has 0 saturated carbocycles. The summed E-state index contributed by atoms with van der Waals surface area (Å²) in [6, 6.07) is 19.8. The highest BCUT2D eigenvalue weighted by Gasteiger charge is 2.33. The lowest BCUT2D eigenvalue weighted by Gasteiger charge is -2.25. The van der Waals surface area contributed by atoms with Crippen molar-refractivity contribution in [1.29, 1.82) is 5.26 Å². The van der Waals surface area contributed by atoms with Crippen LogP contribution in [0, 0.1) is 11.3 Å². The lowest BCUT2D eigenvalue weighted by molar-refractivity contribution is -0.139. The molecule has 0 radical (unpaired) electrons. The number of aromatic nitrogens is 1. The van der Waals surface area contributed by atoms with Gasteiger partial charge in [0.1, 0.15) is 6.61 Å². The molecule has 0 N–H and O–H groups in total. The van der Waals surface area contributed by atoms with Gasteiger partial charge in [-0.25, -0.2) is 9.79 Å². The number of esters is 1. The Labute approximate surface area is 268 Å². The molecule has 10 heteroatoms. The highest BCUT2D eigenvalue weighted by molar-refractivity contribution is 7.07. The minimum absolute atomic E-state index is 0.113. The Hall–Kier alpha value is -4.16. The molecule has 0 saturated heterocycles. The number of nitrogens with zero attached hydrogens (tertiary/aromatic N) is 3. The molecule has 0 amide bonds. The van der Waals surface area contributed by atoms with E-state index in [2.05, 4.69) is 24.9 Å². The summed E-state index contributed by atoms with van der Waals surface area (Å²) in [5.41, 5.74) is 4.25. The topological polar surface area (TPSA) is 93.7 Å². The maximum atomic E-state index is 14.0. The van der Waals surface area contributed by atoms with E-state index in [1.165, 1.54) is 11.3 Å². The molecule has 224 valence electrons. The molecule has 1 aliphatic rings. The van der Waals surface area contributed by atoms with Gasteiger partial charge in [0.25, 0.3) is 5.56 Å². The molecule has 44 heavy (non-hydrogen) atoms. The van der Waals surface area contributed by atoms with E-state index in [9.17, 15) is 14.9 Å². The molecule has 0 spiro atoms. The highest BCUT2D eigenvalue weighted by Crippen LogP contribution is 2.35. The average Bonchev–Trinajstić information content (AvgIpc) is 3.30. The Morgan fingerprint density at radius 1 is 1.14 bits per heavy atom. The standard InChI is InChI=1S/C34H29Cl2N3O4S/c1-5-42-33(41)29-20(4)38-34-39(30(29)23-12-10-22(11-13-23)19(2)3)32(40)28(44-34)16-21-14-26(35)31(27(36)15-21)43-18-25-9-7-6-8-24(25)17-37/h6-16,19,30H,5,18H2,1-4H3/b28-16-. The second-order valence-electron chi connectivity index (χ2n) is 10.5. The number of hydrogen-bond acceptors (Lipinski definition) is 7. The monoisotopic (exact) mass is 645 g/mol. The normalized spacial score (nSPS) is 14.7. The zero-order valence-electron chi connectivity index (χ0n) is 24.6. The maximum Gasteiger partial charge on any atom is 0.338 e. The lowest BCUT2D eigenvalue weighted by Crippen LogP contribution is -2.39. The first-order chi connectivity index (χ1) is 21.1. The third-order valence-corrected chi connectivity index (χ3v) is 8.81. The summed E-state index contributed by atoms with van der Waals surface area (Å²) >= 11 is 14.4. The van der Waals surface area contributed by atoms with Crippen LogP contribution in [-0.2, 0) is 16.1 Å². The summed E-state index contributed by atoms with van der Waals surface area (Å²) in [6.45, 7) is 8.03. The van der Waals surface area contributed by atoms with E-state index in [4.69, 9.17) is 32.7 Å². The maximum absolute atomic E-state index is 14.0. The molecular weight excluding hydrogens is 617 g/mol. The molecule has 0 bridgehead atoms. The first-order valence-electron chi connectivity index (χ1n) is 14.0. The number of fused-ring (bicyclic) bond motifs is 1. The molecule has 4 aromatic rings. The Morgan fingerprint density at radius 3 is 2.45 bits per heavy atom. The SMILES string of the molecule is CCOC(=O)C1=C(C)N=c2s/c(=C\c3cc(Cl)c(OCc4ccccc4C#N)c(Cl)c3)c(=O)n2C1c1ccc(C(C)C)cc1. The third-order valence-electron chi connectivity index (χ3n) is 7.26. The summed E-state index contributed by atoms with van der Waals surface area (Å²) in [5, 5.41) is 9.87. The van der Waals surface area contributed by atoms with E-state index >= 15 is 0 Å². The largest absolute Gasteiger partial charge is 0.486 e. The van der Waals surface area contributed by atoms with Gasteiger partial charge in [0, 0.05) is 5.56 Å².